The molecule has 1 saturated heterocycles. The highest BCUT2D eigenvalue weighted by atomic mass is 32.2. The van der Waals surface area contributed by atoms with Crippen molar-refractivity contribution in [2.45, 2.75) is 27.2 Å². The lowest BCUT2D eigenvalue weighted by molar-refractivity contribution is -0.132. The van der Waals surface area contributed by atoms with Gasteiger partial charge in [-0.2, -0.15) is 0 Å². The van der Waals surface area contributed by atoms with Gasteiger partial charge in [0.05, 0.1) is 0 Å². The van der Waals surface area contributed by atoms with Gasteiger partial charge in [-0.15, -0.1) is 4.49 Å². The molecule has 0 aromatic heterocycles. The zero-order valence-corrected chi connectivity index (χ0v) is 10.3. The molecule has 1 aliphatic rings. The number of hydrogen-bond donors (Lipinski definition) is 2. The van der Waals surface area contributed by atoms with Crippen molar-refractivity contribution in [3.05, 3.63) is 0 Å². The third kappa shape index (κ3) is 4.36. The van der Waals surface area contributed by atoms with E-state index >= 15 is 0 Å². The van der Waals surface area contributed by atoms with Crippen molar-refractivity contribution < 1.29 is 22.3 Å². The van der Waals surface area contributed by atoms with Gasteiger partial charge < -0.3 is 4.55 Å². The lowest BCUT2D eigenvalue weighted by Gasteiger charge is -2.34. The second-order valence-corrected chi connectivity index (χ2v) is 7.04. The predicted molar refractivity (Wildman–Crippen MR) is 61.5 cm³/mol. The predicted octanol–water partition coefficient (Wildman–Crippen LogP) is -0.00240. The molecule has 0 aromatic carbocycles. The van der Waals surface area contributed by atoms with Crippen LogP contribution in [0.2, 0.25) is 0 Å². The first kappa shape index (κ1) is 16.5. The summed E-state index contributed by atoms with van der Waals surface area (Å²) < 4.78 is 45.0. The van der Waals surface area contributed by atoms with E-state index in [4.69, 9.17) is 5.50 Å². The molecule has 1 aliphatic heterocycles. The Hall–Kier alpha value is -0.470. The summed E-state index contributed by atoms with van der Waals surface area (Å²) in [5.74, 6) is -0.880. The molecule has 0 radical (unpaired) electrons. The Kier molecular flexibility index (Phi) is 5.30. The van der Waals surface area contributed by atoms with Crippen LogP contribution in [-0.2, 0) is 19.7 Å². The van der Waals surface area contributed by atoms with Crippen molar-refractivity contribution in [2.75, 3.05) is 6.54 Å². The Labute approximate surface area is 101 Å². The van der Waals surface area contributed by atoms with E-state index in [2.05, 4.69) is 0 Å². The van der Waals surface area contributed by atoms with Gasteiger partial charge >= 0.3 is 7.59 Å². The largest absolute Gasteiger partial charge is 0.735 e. The average Bonchev–Trinajstić information content (AvgIpc) is 2.05. The van der Waals surface area contributed by atoms with Gasteiger partial charge in [-0.1, -0.05) is 14.4 Å². The number of nitrogens with one attached hydrogen (secondary N) is 1. The molecule has 0 saturated carbocycles. The first-order chi connectivity index (χ1) is 7.13. The Morgan fingerprint density at radius 1 is 1.59 bits per heavy atom. The normalized spacial score (nSPS) is 25.0. The number of piperidine rings is 1. The number of amides is 1. The molecule has 3 N–H and O–H groups in total. The summed E-state index contributed by atoms with van der Waals surface area (Å²) in [7, 11) is -9.10. The van der Waals surface area contributed by atoms with Crippen molar-refractivity contribution in [2.24, 2.45) is 11.4 Å². The van der Waals surface area contributed by atoms with Crippen LogP contribution in [0.15, 0.2) is 0 Å². The minimum Gasteiger partial charge on any atom is -0.735 e. The van der Waals surface area contributed by atoms with Crippen molar-refractivity contribution in [3.63, 3.8) is 0 Å². The van der Waals surface area contributed by atoms with E-state index in [1.54, 1.807) is 6.92 Å². The van der Waals surface area contributed by atoms with E-state index in [1.165, 1.54) is 4.49 Å². The highest BCUT2D eigenvalue weighted by Crippen LogP contribution is 2.41. The third-order valence-electron chi connectivity index (χ3n) is 2.28. The highest BCUT2D eigenvalue weighted by Gasteiger charge is 2.36. The van der Waals surface area contributed by atoms with Crippen molar-refractivity contribution in [3.8, 4) is 0 Å². The number of carbonyl (C=O) groups is 1. The molecule has 2 atom stereocenters. The smallest absolute Gasteiger partial charge is 0.317 e. The van der Waals surface area contributed by atoms with Gasteiger partial charge in [0.15, 0.2) is 10.3 Å². The lowest BCUT2D eigenvalue weighted by atomic mass is 10.0. The van der Waals surface area contributed by atoms with Gasteiger partial charge in [0, 0.05) is 12.5 Å². The number of nitrogens with two attached hydrogens (primary N) is 1. The average molecular weight is 286 g/mol. The Balaban J connectivity index is 0.00000256. The Bertz CT molecular complexity index is 437. The van der Waals surface area contributed by atoms with Crippen LogP contribution in [0.4, 0.5) is 0 Å². The summed E-state index contributed by atoms with van der Waals surface area (Å²) in [6, 6.07) is 0. The fraction of sp³-hybridized carbons (Fsp3) is 0.857. The molecule has 1 fully saturated rings. The summed E-state index contributed by atoms with van der Waals surface area (Å²) in [6.07, 6.45) is 1.19. The molecule has 2 unspecified atom stereocenters. The number of rotatable bonds is 3. The van der Waals surface area contributed by atoms with Gasteiger partial charge in [0.2, 0.25) is 5.91 Å². The summed E-state index contributed by atoms with van der Waals surface area (Å²) in [5, 5.41) is 0. The molecule has 102 valence electrons. The zero-order chi connectivity index (χ0) is 12.6. The lowest BCUT2D eigenvalue weighted by Crippen LogP contribution is -2.44. The molecular weight excluding hydrogens is 269 g/mol. The standard InChI is InChI=1S/C6H14N3O5PS.CH4/c1-5-3-2-4-9(6(5)10)15(7,11)8-16(12,13)14;/h5H,2-4H2,1H3,(H3,7,8,11)(H,12,13,14);1H4/p-1. The number of nitrogens with zero attached hydrogens (tertiary/aromatic N) is 1. The molecule has 1 rings (SSSR count). The van der Waals surface area contributed by atoms with Crippen LogP contribution in [0.1, 0.15) is 27.2 Å². The zero-order valence-electron chi connectivity index (χ0n) is 8.62. The highest BCUT2D eigenvalue weighted by molar-refractivity contribution is 7.90. The molecule has 10 heteroatoms. The van der Waals surface area contributed by atoms with Gasteiger partial charge in [-0.05, 0) is 12.8 Å². The number of carbonyl (C=O) groups excluding carboxylic acids is 1. The second-order valence-electron chi connectivity index (χ2n) is 3.67. The second kappa shape index (κ2) is 5.45. The summed E-state index contributed by atoms with van der Waals surface area (Å²) >= 11 is 0. The van der Waals surface area contributed by atoms with Crippen LogP contribution in [0, 0.1) is 5.92 Å². The molecule has 1 amide bonds. The molecule has 0 spiro atoms. The molecule has 8 nitrogen and oxygen atoms in total. The Morgan fingerprint density at radius 2 is 2.12 bits per heavy atom. The van der Waals surface area contributed by atoms with Gasteiger partial charge in [0.1, 0.15) is 0 Å². The van der Waals surface area contributed by atoms with Gasteiger partial charge in [0.25, 0.3) is 0 Å². The maximum atomic E-state index is 11.7. The van der Waals surface area contributed by atoms with Crippen LogP contribution >= 0.6 is 7.59 Å². The quantitative estimate of drug-likeness (QED) is 0.554. The molecule has 0 bridgehead atoms. The maximum absolute atomic E-state index is 11.7. The third-order valence-corrected chi connectivity index (χ3v) is 5.34. The van der Waals surface area contributed by atoms with E-state index in [1.807, 2.05) is 0 Å². The van der Waals surface area contributed by atoms with Gasteiger partial charge in [-0.25, -0.2) is 8.42 Å². The first-order valence-electron chi connectivity index (χ1n) is 4.59. The summed E-state index contributed by atoms with van der Waals surface area (Å²) in [5.41, 5.74) is 5.20. The first-order valence-corrected chi connectivity index (χ1v) is 7.72. The van der Waals surface area contributed by atoms with Crippen LogP contribution in [0.3, 0.4) is 0 Å². The fourth-order valence-electron chi connectivity index (χ4n) is 1.54. The molecular formula is C7H17N3O5PS-. The molecule has 1 heterocycles. The monoisotopic (exact) mass is 286 g/mol. The topological polar surface area (TPSA) is 133 Å². The summed E-state index contributed by atoms with van der Waals surface area (Å²) in [4.78, 5) is 11.6. The van der Waals surface area contributed by atoms with E-state index in [-0.39, 0.29) is 19.9 Å². The molecule has 17 heavy (non-hydrogen) atoms. The summed E-state index contributed by atoms with van der Waals surface area (Å²) in [6.45, 7) is 1.71. The minimum absolute atomic E-state index is 0. The van der Waals surface area contributed by atoms with Gasteiger partial charge in [-0.3, -0.25) is 19.5 Å². The van der Waals surface area contributed by atoms with Crippen LogP contribution < -0.4 is 10.00 Å². The van der Waals surface area contributed by atoms with E-state index < -0.39 is 23.8 Å². The Morgan fingerprint density at radius 3 is 2.59 bits per heavy atom. The SMILES string of the molecule is C.CC1CCCN(P(N)(=O)NS(=O)(=O)[O-])C1=O. The fourth-order valence-corrected chi connectivity index (χ4v) is 4.14. The van der Waals surface area contributed by atoms with Crippen molar-refractivity contribution >= 4 is 23.8 Å². The molecule has 0 aromatic rings. The molecule has 0 aliphatic carbocycles. The van der Waals surface area contributed by atoms with Crippen LogP contribution in [-0.4, -0.2) is 30.1 Å². The number of hydrogen-bond acceptors (Lipinski definition) is 5. The van der Waals surface area contributed by atoms with Crippen LogP contribution in [0.25, 0.3) is 0 Å². The maximum Gasteiger partial charge on any atom is 0.317 e. The van der Waals surface area contributed by atoms with E-state index in [9.17, 15) is 22.3 Å². The van der Waals surface area contributed by atoms with Crippen molar-refractivity contribution in [1.29, 1.82) is 0 Å². The van der Waals surface area contributed by atoms with Crippen molar-refractivity contribution in [1.82, 2.24) is 9.16 Å². The minimum atomic E-state index is -4.95. The van der Waals surface area contributed by atoms with E-state index in [0.29, 0.717) is 12.8 Å². The van der Waals surface area contributed by atoms with E-state index in [0.717, 1.165) is 4.67 Å². The van der Waals surface area contributed by atoms with Crippen LogP contribution in [0.5, 0.6) is 0 Å².